The van der Waals surface area contributed by atoms with Crippen LogP contribution in [0.25, 0.3) is 0 Å². The lowest BCUT2D eigenvalue weighted by Gasteiger charge is -1.82. The number of allylic oxidation sites excluding steroid dienone is 1. The van der Waals surface area contributed by atoms with Crippen LogP contribution in [0.4, 0.5) is 0 Å². The first-order valence-corrected chi connectivity index (χ1v) is 4.45. The van der Waals surface area contributed by atoms with Gasteiger partial charge < -0.3 is 8.83 Å². The Morgan fingerprint density at radius 2 is 2.12 bits per heavy atom. The smallest absolute Gasteiger partial charge is 0.220 e. The van der Waals surface area contributed by atoms with Gasteiger partial charge in [0, 0.05) is 0 Å². The molecule has 0 aliphatic heterocycles. The van der Waals surface area contributed by atoms with E-state index < -0.39 is 0 Å². The number of aldehydes is 1. The molecular formula is C12H10O4. The first kappa shape index (κ1) is 11.7. The van der Waals surface area contributed by atoms with Gasteiger partial charge in [0.05, 0.1) is 18.1 Å². The number of furan rings is 2. The molecule has 4 nitrogen and oxygen atoms in total. The monoisotopic (exact) mass is 218 g/mol. The molecule has 0 aliphatic carbocycles. The van der Waals surface area contributed by atoms with Crippen molar-refractivity contribution in [1.29, 1.82) is 0 Å². The van der Waals surface area contributed by atoms with E-state index in [9.17, 15) is 9.59 Å². The summed E-state index contributed by atoms with van der Waals surface area (Å²) in [6.07, 6.45) is 6.27. The lowest BCUT2D eigenvalue weighted by atomic mass is 10.3. The lowest BCUT2D eigenvalue weighted by molar-refractivity contribution is 0.102. The van der Waals surface area contributed by atoms with Crippen molar-refractivity contribution in [3.63, 3.8) is 0 Å². The van der Waals surface area contributed by atoms with Crippen LogP contribution in [0, 0.1) is 0 Å². The van der Waals surface area contributed by atoms with Gasteiger partial charge in [-0.05, 0) is 24.3 Å². The van der Waals surface area contributed by atoms with Gasteiger partial charge in [0.25, 0.3) is 0 Å². The van der Waals surface area contributed by atoms with Crippen molar-refractivity contribution in [1.82, 2.24) is 0 Å². The maximum Gasteiger partial charge on any atom is 0.220 e. The van der Waals surface area contributed by atoms with E-state index in [2.05, 4.69) is 11.0 Å². The third-order valence-corrected chi connectivity index (χ3v) is 1.63. The van der Waals surface area contributed by atoms with E-state index in [4.69, 9.17) is 4.42 Å². The number of hydrogen-bond donors (Lipinski definition) is 0. The van der Waals surface area contributed by atoms with Crippen LogP contribution in [0.5, 0.6) is 0 Å². The fourth-order valence-corrected chi connectivity index (χ4v) is 0.861. The molecule has 82 valence electrons. The molecule has 0 amide bonds. The van der Waals surface area contributed by atoms with Crippen molar-refractivity contribution in [3.05, 3.63) is 61.0 Å². The number of hydrogen-bond acceptors (Lipinski definition) is 4. The molecule has 4 heteroatoms. The molecule has 2 rings (SSSR count). The average molecular weight is 218 g/mol. The minimum Gasteiger partial charge on any atom is -0.472 e. The highest BCUT2D eigenvalue weighted by molar-refractivity contribution is 6.01. The van der Waals surface area contributed by atoms with Gasteiger partial charge in [-0.25, -0.2) is 0 Å². The van der Waals surface area contributed by atoms with Gasteiger partial charge in [-0.2, -0.15) is 0 Å². The molecule has 0 spiro atoms. The molecule has 2 heterocycles. The van der Waals surface area contributed by atoms with Gasteiger partial charge in [-0.1, -0.05) is 6.58 Å². The van der Waals surface area contributed by atoms with Crippen LogP contribution >= 0.6 is 0 Å². The van der Waals surface area contributed by atoms with Crippen molar-refractivity contribution < 1.29 is 18.4 Å². The minimum atomic E-state index is -0.181. The Morgan fingerprint density at radius 3 is 2.50 bits per heavy atom. The van der Waals surface area contributed by atoms with Crippen molar-refractivity contribution in [2.24, 2.45) is 0 Å². The Balaban J connectivity index is 0.000000165. The third kappa shape index (κ3) is 3.42. The summed E-state index contributed by atoms with van der Waals surface area (Å²) >= 11 is 0. The molecule has 2 aromatic heterocycles. The van der Waals surface area contributed by atoms with Crippen LogP contribution in [0.15, 0.2) is 58.5 Å². The number of carbonyl (C=O) groups excluding carboxylic acids is 2. The van der Waals surface area contributed by atoms with Crippen molar-refractivity contribution in [2.45, 2.75) is 0 Å². The molecule has 0 aromatic carbocycles. The van der Waals surface area contributed by atoms with E-state index in [0.717, 1.165) is 6.29 Å². The molecule has 0 saturated carbocycles. The van der Waals surface area contributed by atoms with E-state index in [-0.39, 0.29) is 5.78 Å². The molecule has 0 bridgehead atoms. The molecule has 0 fully saturated rings. The fourth-order valence-electron chi connectivity index (χ4n) is 0.861. The van der Waals surface area contributed by atoms with Crippen LogP contribution < -0.4 is 0 Å². The molecular weight excluding hydrogens is 208 g/mol. The second kappa shape index (κ2) is 6.19. The zero-order chi connectivity index (χ0) is 11.8. The lowest BCUT2D eigenvalue weighted by Crippen LogP contribution is -1.88. The van der Waals surface area contributed by atoms with Crippen LogP contribution in [-0.4, -0.2) is 12.1 Å². The summed E-state index contributed by atoms with van der Waals surface area (Å²) in [7, 11) is 0. The quantitative estimate of drug-likeness (QED) is 0.451. The number of ketones is 1. The van der Waals surface area contributed by atoms with Gasteiger partial charge >= 0.3 is 0 Å². The second-order valence-electron chi connectivity index (χ2n) is 2.72. The zero-order valence-corrected chi connectivity index (χ0v) is 8.46. The predicted octanol–water partition coefficient (Wildman–Crippen LogP) is 2.74. The Labute approximate surface area is 92.2 Å². The summed E-state index contributed by atoms with van der Waals surface area (Å²) in [5.41, 5.74) is 0.583. The molecule has 0 radical (unpaired) electrons. The van der Waals surface area contributed by atoms with Crippen LogP contribution in [0.2, 0.25) is 0 Å². The molecule has 16 heavy (non-hydrogen) atoms. The zero-order valence-electron chi connectivity index (χ0n) is 8.46. The van der Waals surface area contributed by atoms with Gasteiger partial charge in [-0.15, -0.1) is 0 Å². The molecule has 0 aliphatic rings. The highest BCUT2D eigenvalue weighted by atomic mass is 16.3. The first-order chi connectivity index (χ1) is 7.77. The minimum absolute atomic E-state index is 0.181. The standard InChI is InChI=1S/C7H6O2.C5H4O2/c1-2-6(8)7-4-3-5-9-7;6-3-5-1-2-7-4-5/h2-5H,1H2;1-4H. The number of rotatable bonds is 3. The molecule has 2 aromatic rings. The van der Waals surface area contributed by atoms with Crippen molar-refractivity contribution in [2.75, 3.05) is 0 Å². The molecule has 0 saturated heterocycles. The SMILES string of the molecule is C=CC(=O)c1ccco1.O=Cc1ccoc1. The number of carbonyl (C=O) groups is 2. The van der Waals surface area contributed by atoms with Crippen molar-refractivity contribution in [3.8, 4) is 0 Å². The van der Waals surface area contributed by atoms with Crippen molar-refractivity contribution >= 4 is 12.1 Å². The van der Waals surface area contributed by atoms with E-state index >= 15 is 0 Å². The van der Waals surface area contributed by atoms with Gasteiger partial charge in [0.15, 0.2) is 12.0 Å². The van der Waals surface area contributed by atoms with Crippen LogP contribution in [0.1, 0.15) is 20.9 Å². The normalized spacial score (nSPS) is 8.75. The van der Waals surface area contributed by atoms with Gasteiger partial charge in [0.1, 0.15) is 6.26 Å². The average Bonchev–Trinajstić information content (AvgIpc) is 3.01. The fraction of sp³-hybridized carbons (Fsp3) is 0. The van der Waals surface area contributed by atoms with Crippen LogP contribution in [0.3, 0.4) is 0 Å². The largest absolute Gasteiger partial charge is 0.472 e. The topological polar surface area (TPSA) is 60.4 Å². The highest BCUT2D eigenvalue weighted by Crippen LogP contribution is 2.00. The van der Waals surface area contributed by atoms with Gasteiger partial charge in [0.2, 0.25) is 5.78 Å². The maximum atomic E-state index is 10.7. The van der Waals surface area contributed by atoms with Gasteiger partial charge in [-0.3, -0.25) is 9.59 Å². The highest BCUT2D eigenvalue weighted by Gasteiger charge is 2.00. The molecule has 0 unspecified atom stereocenters. The Kier molecular flexibility index (Phi) is 4.53. The van der Waals surface area contributed by atoms with Crippen LogP contribution in [-0.2, 0) is 0 Å². The Hall–Kier alpha value is -2.36. The first-order valence-electron chi connectivity index (χ1n) is 4.45. The summed E-state index contributed by atoms with van der Waals surface area (Å²) in [6.45, 7) is 3.31. The summed E-state index contributed by atoms with van der Waals surface area (Å²) in [4.78, 5) is 20.5. The summed E-state index contributed by atoms with van der Waals surface area (Å²) in [5, 5.41) is 0. The van der Waals surface area contributed by atoms with E-state index in [0.29, 0.717) is 11.3 Å². The second-order valence-corrected chi connectivity index (χ2v) is 2.72. The van der Waals surface area contributed by atoms with E-state index in [1.54, 1.807) is 18.2 Å². The predicted molar refractivity (Wildman–Crippen MR) is 57.3 cm³/mol. The molecule has 0 N–H and O–H groups in total. The maximum absolute atomic E-state index is 10.7. The summed E-state index contributed by atoms with van der Waals surface area (Å²) in [6, 6.07) is 4.87. The Morgan fingerprint density at radius 1 is 1.31 bits per heavy atom. The summed E-state index contributed by atoms with van der Waals surface area (Å²) in [5.74, 6) is 0.157. The molecule has 0 atom stereocenters. The van der Waals surface area contributed by atoms with E-state index in [1.165, 1.54) is 24.9 Å². The summed E-state index contributed by atoms with van der Waals surface area (Å²) < 4.78 is 9.34. The third-order valence-electron chi connectivity index (χ3n) is 1.63. The van der Waals surface area contributed by atoms with E-state index in [1.807, 2.05) is 0 Å². The Bertz CT molecular complexity index is 437.